The van der Waals surface area contributed by atoms with Crippen LogP contribution in [0, 0.1) is 13.8 Å². The van der Waals surface area contributed by atoms with Gasteiger partial charge in [0.25, 0.3) is 0 Å². The van der Waals surface area contributed by atoms with Crippen molar-refractivity contribution in [2.45, 2.75) is 33.9 Å². The lowest BCUT2D eigenvalue weighted by Crippen LogP contribution is -2.15. The minimum absolute atomic E-state index is 0.375. The summed E-state index contributed by atoms with van der Waals surface area (Å²) in [6, 6.07) is 2.02. The molecule has 0 atom stereocenters. The van der Waals surface area contributed by atoms with Crippen molar-refractivity contribution in [3.8, 4) is 0 Å². The van der Waals surface area contributed by atoms with Crippen LogP contribution in [0.5, 0.6) is 0 Å². The number of imidazole rings is 1. The molecule has 0 saturated carbocycles. The van der Waals surface area contributed by atoms with Crippen LogP contribution in [-0.2, 0) is 17.8 Å². The molecule has 2 rings (SSSR count). The maximum Gasteiger partial charge on any atom is 0.356 e. The number of nitrogens with zero attached hydrogens (tertiary/aromatic N) is 4. The molecule has 0 fully saturated rings. The van der Waals surface area contributed by atoms with Gasteiger partial charge in [-0.1, -0.05) is 0 Å². The number of esters is 1. The first-order chi connectivity index (χ1) is 9.06. The molecule has 0 unspecified atom stereocenters. The number of aromatic nitrogens is 4. The third-order valence-corrected chi connectivity index (χ3v) is 3.05. The van der Waals surface area contributed by atoms with Crippen LogP contribution in [0.15, 0.2) is 12.3 Å². The van der Waals surface area contributed by atoms with Crippen molar-refractivity contribution in [1.29, 1.82) is 0 Å². The predicted octanol–water partition coefficient (Wildman–Crippen LogP) is 1.55. The van der Waals surface area contributed by atoms with Crippen molar-refractivity contribution < 1.29 is 9.53 Å². The first-order valence-electron chi connectivity index (χ1n) is 6.20. The van der Waals surface area contributed by atoms with Crippen LogP contribution >= 0.6 is 0 Å². The zero-order chi connectivity index (χ0) is 14.0. The van der Waals surface area contributed by atoms with Gasteiger partial charge in [-0.05, 0) is 26.8 Å². The van der Waals surface area contributed by atoms with Crippen molar-refractivity contribution in [3.63, 3.8) is 0 Å². The Morgan fingerprint density at radius 3 is 2.79 bits per heavy atom. The van der Waals surface area contributed by atoms with E-state index in [4.69, 9.17) is 4.74 Å². The third kappa shape index (κ3) is 2.52. The highest BCUT2D eigenvalue weighted by molar-refractivity contribution is 5.87. The summed E-state index contributed by atoms with van der Waals surface area (Å²) in [5.74, 6) is 0.404. The van der Waals surface area contributed by atoms with Crippen LogP contribution in [0.4, 0.5) is 0 Å². The molecule has 0 bridgehead atoms. The van der Waals surface area contributed by atoms with Crippen molar-refractivity contribution in [2.75, 3.05) is 7.11 Å². The predicted molar refractivity (Wildman–Crippen MR) is 70.0 cm³/mol. The number of methoxy groups -OCH3 is 1. The fourth-order valence-corrected chi connectivity index (χ4v) is 2.10. The Morgan fingerprint density at radius 2 is 2.16 bits per heavy atom. The van der Waals surface area contributed by atoms with Gasteiger partial charge in [0.05, 0.1) is 31.2 Å². The summed E-state index contributed by atoms with van der Waals surface area (Å²) in [4.78, 5) is 15.9. The fraction of sp³-hybridized carbons (Fsp3) is 0.462. The highest BCUT2D eigenvalue weighted by Gasteiger charge is 2.16. The molecule has 2 heterocycles. The topological polar surface area (TPSA) is 61.9 Å². The monoisotopic (exact) mass is 262 g/mol. The van der Waals surface area contributed by atoms with Gasteiger partial charge in [0.15, 0.2) is 0 Å². The number of rotatable bonds is 4. The van der Waals surface area contributed by atoms with E-state index in [2.05, 4.69) is 10.1 Å². The van der Waals surface area contributed by atoms with Gasteiger partial charge in [-0.15, -0.1) is 0 Å². The van der Waals surface area contributed by atoms with Crippen molar-refractivity contribution >= 4 is 5.97 Å². The molecular formula is C13H18N4O2. The zero-order valence-electron chi connectivity index (χ0n) is 11.7. The van der Waals surface area contributed by atoms with E-state index in [9.17, 15) is 4.79 Å². The molecular weight excluding hydrogens is 244 g/mol. The largest absolute Gasteiger partial charge is 0.464 e. The van der Waals surface area contributed by atoms with Gasteiger partial charge >= 0.3 is 5.97 Å². The Bertz CT molecular complexity index is 598. The molecule has 0 aromatic carbocycles. The van der Waals surface area contributed by atoms with E-state index >= 15 is 0 Å². The number of hydrogen-bond donors (Lipinski definition) is 0. The lowest BCUT2D eigenvalue weighted by atomic mass is 10.3. The number of ether oxygens (including phenoxy) is 1. The molecule has 2 aromatic heterocycles. The van der Waals surface area contributed by atoms with E-state index in [0.717, 1.165) is 23.8 Å². The van der Waals surface area contributed by atoms with E-state index < -0.39 is 0 Å². The lowest BCUT2D eigenvalue weighted by molar-refractivity contribution is 0.0588. The van der Waals surface area contributed by atoms with Crippen LogP contribution in [0.1, 0.15) is 34.6 Å². The van der Waals surface area contributed by atoms with Crippen molar-refractivity contribution in [1.82, 2.24) is 19.3 Å². The summed E-state index contributed by atoms with van der Waals surface area (Å²) < 4.78 is 8.54. The molecule has 0 aliphatic rings. The minimum atomic E-state index is -0.375. The van der Waals surface area contributed by atoms with Crippen molar-refractivity contribution in [2.24, 2.45) is 0 Å². The van der Waals surface area contributed by atoms with E-state index in [-0.39, 0.29) is 5.97 Å². The molecule has 6 nitrogen and oxygen atoms in total. The molecule has 102 valence electrons. The molecule has 0 aliphatic heterocycles. The van der Waals surface area contributed by atoms with E-state index in [0.29, 0.717) is 12.2 Å². The van der Waals surface area contributed by atoms with Gasteiger partial charge in [-0.2, -0.15) is 5.10 Å². The molecule has 0 radical (unpaired) electrons. The minimum Gasteiger partial charge on any atom is -0.464 e. The highest BCUT2D eigenvalue weighted by Crippen LogP contribution is 2.12. The van der Waals surface area contributed by atoms with E-state index in [1.165, 1.54) is 7.11 Å². The Kier molecular flexibility index (Phi) is 3.69. The molecule has 0 spiro atoms. The Morgan fingerprint density at radius 1 is 1.42 bits per heavy atom. The average molecular weight is 262 g/mol. The standard InChI is InChI=1S/C13H18N4O2/c1-5-17-11(6-9(2)15-17)8-16-10(3)14-7-12(16)13(18)19-4/h6-7H,5,8H2,1-4H3. The van der Waals surface area contributed by atoms with Crippen LogP contribution in [-0.4, -0.2) is 32.4 Å². The number of carbonyl (C=O) groups excluding carboxylic acids is 1. The van der Waals surface area contributed by atoms with Gasteiger partial charge in [-0.25, -0.2) is 9.78 Å². The molecule has 0 saturated heterocycles. The molecule has 0 N–H and O–H groups in total. The summed E-state index contributed by atoms with van der Waals surface area (Å²) in [6.07, 6.45) is 1.54. The molecule has 19 heavy (non-hydrogen) atoms. The summed E-state index contributed by atoms with van der Waals surface area (Å²) in [6.45, 7) is 7.22. The van der Waals surface area contributed by atoms with Gasteiger partial charge in [0.1, 0.15) is 11.5 Å². The summed E-state index contributed by atoms with van der Waals surface area (Å²) in [7, 11) is 1.37. The second-order valence-corrected chi connectivity index (χ2v) is 4.36. The van der Waals surface area contributed by atoms with Crippen LogP contribution in [0.3, 0.4) is 0 Å². The highest BCUT2D eigenvalue weighted by atomic mass is 16.5. The van der Waals surface area contributed by atoms with Crippen LogP contribution < -0.4 is 0 Å². The van der Waals surface area contributed by atoms with Gasteiger partial charge < -0.3 is 9.30 Å². The van der Waals surface area contributed by atoms with Crippen LogP contribution in [0.2, 0.25) is 0 Å². The SMILES string of the molecule is CCn1nc(C)cc1Cn1c(C(=O)OC)cnc1C. The maximum absolute atomic E-state index is 11.7. The maximum atomic E-state index is 11.7. The zero-order valence-corrected chi connectivity index (χ0v) is 11.7. The summed E-state index contributed by atoms with van der Waals surface area (Å²) in [5.41, 5.74) is 2.47. The number of carbonyl (C=O) groups is 1. The Hall–Kier alpha value is -2.11. The van der Waals surface area contributed by atoms with Gasteiger partial charge in [0.2, 0.25) is 0 Å². The molecule has 6 heteroatoms. The number of aryl methyl sites for hydroxylation is 3. The molecule has 2 aromatic rings. The van der Waals surface area contributed by atoms with E-state index in [1.54, 1.807) is 6.20 Å². The first-order valence-corrected chi connectivity index (χ1v) is 6.20. The molecule has 0 amide bonds. The fourth-order valence-electron chi connectivity index (χ4n) is 2.10. The van der Waals surface area contributed by atoms with Gasteiger partial charge in [0, 0.05) is 6.54 Å². The van der Waals surface area contributed by atoms with E-state index in [1.807, 2.05) is 36.1 Å². The number of hydrogen-bond acceptors (Lipinski definition) is 4. The second kappa shape index (κ2) is 5.26. The Labute approximate surface area is 112 Å². The Balaban J connectivity index is 2.37. The normalized spacial score (nSPS) is 10.7. The molecule has 0 aliphatic carbocycles. The third-order valence-electron chi connectivity index (χ3n) is 3.05. The summed E-state index contributed by atoms with van der Waals surface area (Å²) >= 11 is 0. The quantitative estimate of drug-likeness (QED) is 0.784. The lowest BCUT2D eigenvalue weighted by Gasteiger charge is -2.10. The smallest absolute Gasteiger partial charge is 0.356 e. The average Bonchev–Trinajstić information content (AvgIpc) is 2.93. The summed E-state index contributed by atoms with van der Waals surface area (Å²) in [5, 5.41) is 4.40. The van der Waals surface area contributed by atoms with Crippen LogP contribution in [0.25, 0.3) is 0 Å². The van der Waals surface area contributed by atoms with Gasteiger partial charge in [-0.3, -0.25) is 4.68 Å². The first kappa shape index (κ1) is 13.3. The second-order valence-electron chi connectivity index (χ2n) is 4.36. The van der Waals surface area contributed by atoms with Crippen molar-refractivity contribution in [3.05, 3.63) is 35.2 Å².